The summed E-state index contributed by atoms with van der Waals surface area (Å²) < 4.78 is 0. The van der Waals surface area contributed by atoms with Gasteiger partial charge in [0.2, 0.25) is 0 Å². The van der Waals surface area contributed by atoms with Gasteiger partial charge in [0.1, 0.15) is 23.3 Å². The van der Waals surface area contributed by atoms with Crippen molar-refractivity contribution in [3.63, 3.8) is 0 Å². The van der Waals surface area contributed by atoms with Crippen molar-refractivity contribution in [2.45, 2.75) is 157 Å². The molecule has 0 radical (unpaired) electrons. The normalized spacial score (nSPS) is 16.0. The van der Waals surface area contributed by atoms with Crippen LogP contribution in [0.3, 0.4) is 0 Å². The summed E-state index contributed by atoms with van der Waals surface area (Å²) in [5.41, 5.74) is 9.41. The predicted molar refractivity (Wildman–Crippen MR) is 278 cm³/mol. The van der Waals surface area contributed by atoms with Crippen LogP contribution in [0.4, 0.5) is 46.0 Å². The first kappa shape index (κ1) is 46.5. The summed E-state index contributed by atoms with van der Waals surface area (Å²) in [6, 6.07) is 39.6. The lowest BCUT2D eigenvalue weighted by atomic mass is 9.86. The molecule has 0 amide bonds. The van der Waals surface area contributed by atoms with Gasteiger partial charge >= 0.3 is 0 Å². The lowest BCUT2D eigenvalue weighted by molar-refractivity contribution is 0.568. The summed E-state index contributed by atoms with van der Waals surface area (Å²) in [4.78, 5) is 31.8. The molecule has 0 spiro atoms. The number of hydrogen-bond donors (Lipinski definition) is 0. The number of pyridine rings is 4. The molecule has 0 aliphatic carbocycles. The standard InChI is InChI=1S/C58H72N8/c1-53(2,3)37-31-33-39-41(35-37)65(49-29-21-25-45(61-49)57(13,14)15)51(63(39)47-27-19-23-43(59-47)55(7,8)9)52-64(48-28-20-24-44(60-48)56(10,11)12)40-34-32-38(54(4,5)6)36-42(40)66(52)50-30-22-26-46(62-50)58(16,17)18/h19-36H,1-18H3/b52-51+. The van der Waals surface area contributed by atoms with Gasteiger partial charge in [0.15, 0.2) is 11.6 Å². The molecule has 0 N–H and O–H groups in total. The van der Waals surface area contributed by atoms with Crippen LogP contribution in [0.1, 0.15) is 159 Å². The molecule has 8 nitrogen and oxygen atoms in total. The van der Waals surface area contributed by atoms with E-state index < -0.39 is 0 Å². The third-order valence-electron chi connectivity index (χ3n) is 12.6. The van der Waals surface area contributed by atoms with Gasteiger partial charge in [-0.05, 0) is 94.8 Å². The number of anilines is 8. The first-order chi connectivity index (χ1) is 30.5. The average Bonchev–Trinajstić information content (AvgIpc) is 3.74. The van der Waals surface area contributed by atoms with Crippen LogP contribution >= 0.6 is 0 Å². The second-order valence-electron chi connectivity index (χ2n) is 24.4. The fourth-order valence-electron chi connectivity index (χ4n) is 8.56. The van der Waals surface area contributed by atoms with Crippen LogP contribution in [-0.4, -0.2) is 19.9 Å². The Bertz CT molecular complexity index is 2650. The molecule has 6 heterocycles. The Morgan fingerprint density at radius 2 is 0.515 bits per heavy atom. The highest BCUT2D eigenvalue weighted by Crippen LogP contribution is 2.57. The number of fused-ring (bicyclic) bond motifs is 2. The van der Waals surface area contributed by atoms with Gasteiger partial charge in [-0.3, -0.25) is 19.6 Å². The quantitative estimate of drug-likeness (QED) is 0.173. The summed E-state index contributed by atoms with van der Waals surface area (Å²) in [5.74, 6) is 4.98. The minimum absolute atomic E-state index is 0.133. The molecule has 344 valence electrons. The summed E-state index contributed by atoms with van der Waals surface area (Å²) in [6.07, 6.45) is 0. The number of nitrogens with zero attached hydrogens (tertiary/aromatic N) is 8. The van der Waals surface area contributed by atoms with Crippen molar-refractivity contribution in [1.82, 2.24) is 19.9 Å². The van der Waals surface area contributed by atoms with Crippen molar-refractivity contribution in [3.05, 3.63) is 155 Å². The van der Waals surface area contributed by atoms with Crippen LogP contribution in [0.5, 0.6) is 0 Å². The molecule has 2 aliphatic rings. The fraction of sp³-hybridized carbons (Fsp3) is 0.414. The molecule has 0 bridgehead atoms. The Morgan fingerprint density at radius 1 is 0.273 bits per heavy atom. The Kier molecular flexibility index (Phi) is 11.1. The van der Waals surface area contributed by atoms with E-state index in [1.165, 1.54) is 11.1 Å². The topological polar surface area (TPSA) is 64.5 Å². The largest absolute Gasteiger partial charge is 0.275 e. The lowest BCUT2D eigenvalue weighted by Crippen LogP contribution is -2.35. The van der Waals surface area contributed by atoms with Gasteiger partial charge in [-0.15, -0.1) is 0 Å². The maximum atomic E-state index is 5.58. The van der Waals surface area contributed by atoms with Crippen molar-refractivity contribution in [3.8, 4) is 0 Å². The molecule has 6 aromatic rings. The second-order valence-corrected chi connectivity index (χ2v) is 24.4. The highest BCUT2D eigenvalue weighted by molar-refractivity contribution is 5.99. The van der Waals surface area contributed by atoms with E-state index in [9.17, 15) is 0 Å². The van der Waals surface area contributed by atoms with E-state index in [-0.39, 0.29) is 32.5 Å². The average molecular weight is 881 g/mol. The number of hydrogen-bond acceptors (Lipinski definition) is 8. The first-order valence-electron chi connectivity index (χ1n) is 23.7. The van der Waals surface area contributed by atoms with E-state index in [0.29, 0.717) is 0 Å². The first-order valence-corrected chi connectivity index (χ1v) is 23.7. The van der Waals surface area contributed by atoms with E-state index in [4.69, 9.17) is 19.9 Å². The second kappa shape index (κ2) is 15.8. The van der Waals surface area contributed by atoms with Gasteiger partial charge in [-0.1, -0.05) is 161 Å². The van der Waals surface area contributed by atoms with Gasteiger partial charge in [0.05, 0.1) is 22.7 Å². The summed E-state index contributed by atoms with van der Waals surface area (Å²) >= 11 is 0. The van der Waals surface area contributed by atoms with E-state index in [2.05, 4.69) is 253 Å². The molecule has 8 rings (SSSR count). The van der Waals surface area contributed by atoms with Gasteiger partial charge in [-0.25, -0.2) is 19.9 Å². The van der Waals surface area contributed by atoms with Gasteiger partial charge in [-0.2, -0.15) is 0 Å². The molecule has 0 atom stereocenters. The highest BCUT2D eigenvalue weighted by atomic mass is 15.5. The Morgan fingerprint density at radius 3 is 0.742 bits per heavy atom. The molecule has 66 heavy (non-hydrogen) atoms. The van der Waals surface area contributed by atoms with Crippen LogP contribution in [0.25, 0.3) is 0 Å². The highest BCUT2D eigenvalue weighted by Gasteiger charge is 2.47. The minimum Gasteiger partial charge on any atom is -0.275 e. The third-order valence-corrected chi connectivity index (χ3v) is 12.6. The van der Waals surface area contributed by atoms with E-state index >= 15 is 0 Å². The molecule has 0 saturated carbocycles. The number of benzene rings is 2. The van der Waals surface area contributed by atoms with Gasteiger partial charge < -0.3 is 0 Å². The van der Waals surface area contributed by atoms with E-state index in [1.807, 2.05) is 0 Å². The molecule has 4 aromatic heterocycles. The zero-order chi connectivity index (χ0) is 48.1. The Labute approximate surface area is 395 Å². The molecule has 0 unspecified atom stereocenters. The zero-order valence-electron chi connectivity index (χ0n) is 43.0. The molecule has 2 aliphatic heterocycles. The van der Waals surface area contributed by atoms with Crippen molar-refractivity contribution in [1.29, 1.82) is 0 Å². The molecule has 2 aromatic carbocycles. The van der Waals surface area contributed by atoms with Crippen molar-refractivity contribution < 1.29 is 0 Å². The monoisotopic (exact) mass is 881 g/mol. The maximum absolute atomic E-state index is 5.58. The Hall–Kier alpha value is -6.02. The van der Waals surface area contributed by atoms with Crippen LogP contribution < -0.4 is 19.6 Å². The molecule has 8 heteroatoms. The zero-order valence-corrected chi connectivity index (χ0v) is 43.0. The molecular weight excluding hydrogens is 809 g/mol. The van der Waals surface area contributed by atoms with Crippen LogP contribution in [-0.2, 0) is 32.5 Å². The molecule has 0 saturated heterocycles. The SMILES string of the molecule is CC(C)(C)c1ccc2c(c1)N(c1cccc(C(C)(C)C)n1)/C(=C1\N(c3cccc(C(C)(C)C)n3)c3ccc(C(C)(C)C)cc3N1c1cccc(C(C)(C)C)n1)N2c1cccc(C(C)(C)C)n1. The maximum Gasteiger partial charge on any atom is 0.168 e. The van der Waals surface area contributed by atoms with Crippen LogP contribution in [0, 0.1) is 0 Å². The summed E-state index contributed by atoms with van der Waals surface area (Å²) in [6.45, 7) is 40.4. The summed E-state index contributed by atoms with van der Waals surface area (Å²) in [7, 11) is 0. The van der Waals surface area contributed by atoms with Crippen molar-refractivity contribution in [2.24, 2.45) is 0 Å². The van der Waals surface area contributed by atoms with E-state index in [1.54, 1.807) is 0 Å². The minimum atomic E-state index is -0.207. The Balaban J connectivity index is 1.62. The van der Waals surface area contributed by atoms with Crippen molar-refractivity contribution in [2.75, 3.05) is 19.6 Å². The fourth-order valence-corrected chi connectivity index (χ4v) is 8.56. The van der Waals surface area contributed by atoms with E-state index in [0.717, 1.165) is 80.4 Å². The molecular formula is C58H72N8. The van der Waals surface area contributed by atoms with Crippen LogP contribution in [0.15, 0.2) is 121 Å². The third kappa shape index (κ3) is 8.60. The lowest BCUT2D eigenvalue weighted by Gasteiger charge is -2.34. The van der Waals surface area contributed by atoms with Crippen molar-refractivity contribution >= 4 is 46.0 Å². The van der Waals surface area contributed by atoms with Gasteiger partial charge in [0, 0.05) is 44.4 Å². The smallest absolute Gasteiger partial charge is 0.168 e. The van der Waals surface area contributed by atoms with Gasteiger partial charge in [0.25, 0.3) is 0 Å². The van der Waals surface area contributed by atoms with Crippen LogP contribution in [0.2, 0.25) is 0 Å². The summed E-state index contributed by atoms with van der Waals surface area (Å²) in [5, 5.41) is 0. The molecule has 0 fully saturated rings. The number of rotatable bonds is 4. The predicted octanol–water partition coefficient (Wildman–Crippen LogP) is 15.5. The number of aromatic nitrogens is 4.